The second kappa shape index (κ2) is 5.48. The Morgan fingerprint density at radius 2 is 2.26 bits per heavy atom. The number of primary amides is 1. The molecule has 1 aliphatic rings. The van der Waals surface area contributed by atoms with Crippen molar-refractivity contribution in [2.45, 2.75) is 25.6 Å². The monoisotopic (exact) mass is 276 g/mol. The van der Waals surface area contributed by atoms with E-state index in [1.165, 1.54) is 11.8 Å². The van der Waals surface area contributed by atoms with Crippen LogP contribution in [0, 0.1) is 0 Å². The predicted molar refractivity (Wildman–Crippen MR) is 77.6 cm³/mol. The van der Waals surface area contributed by atoms with Gasteiger partial charge in [0.1, 0.15) is 6.29 Å². The first kappa shape index (κ1) is 13.7. The summed E-state index contributed by atoms with van der Waals surface area (Å²) in [7, 11) is 0. The van der Waals surface area contributed by atoms with E-state index in [0.717, 1.165) is 23.2 Å². The maximum atomic E-state index is 11.4. The normalized spacial score (nSPS) is 18.8. The summed E-state index contributed by atoms with van der Waals surface area (Å²) in [6, 6.07) is 7.78. The van der Waals surface area contributed by atoms with E-state index in [4.69, 9.17) is 5.73 Å². The zero-order valence-corrected chi connectivity index (χ0v) is 11.7. The quantitative estimate of drug-likeness (QED) is 0.855. The minimum Gasteiger partial charge on any atom is -0.365 e. The molecule has 0 saturated carbocycles. The number of benzene rings is 1. The molecule has 2 N–H and O–H groups in total. The molecular formula is C14H16N2O2S. The molecule has 1 aromatic carbocycles. The molecule has 1 heterocycles. The van der Waals surface area contributed by atoms with Crippen LogP contribution in [0.3, 0.4) is 0 Å². The molecule has 0 radical (unpaired) electrons. The van der Waals surface area contributed by atoms with Gasteiger partial charge in [-0.05, 0) is 31.5 Å². The molecule has 0 bridgehead atoms. The number of rotatable bonds is 4. The first-order valence-corrected chi connectivity index (χ1v) is 6.91. The van der Waals surface area contributed by atoms with Gasteiger partial charge in [0.2, 0.25) is 0 Å². The van der Waals surface area contributed by atoms with Crippen LogP contribution in [0.15, 0.2) is 34.9 Å². The Labute approximate surface area is 116 Å². The fraction of sp³-hybridized carbons (Fsp3) is 0.286. The second-order valence-electron chi connectivity index (χ2n) is 4.41. The number of thioether (sulfide) groups is 1. The van der Waals surface area contributed by atoms with Crippen molar-refractivity contribution in [1.29, 1.82) is 0 Å². The van der Waals surface area contributed by atoms with Crippen molar-refractivity contribution in [3.63, 3.8) is 0 Å². The van der Waals surface area contributed by atoms with Gasteiger partial charge in [0, 0.05) is 17.8 Å². The van der Waals surface area contributed by atoms with E-state index in [2.05, 4.69) is 4.90 Å². The molecule has 0 aromatic heterocycles. The molecule has 0 saturated heterocycles. The molecule has 5 heteroatoms. The van der Waals surface area contributed by atoms with Crippen LogP contribution in [0.5, 0.6) is 0 Å². The van der Waals surface area contributed by atoms with Crippen LogP contribution < -0.4 is 10.6 Å². The van der Waals surface area contributed by atoms with Crippen molar-refractivity contribution in [3.05, 3.63) is 40.4 Å². The highest BCUT2D eigenvalue weighted by Gasteiger charge is 2.30. The van der Waals surface area contributed by atoms with E-state index in [9.17, 15) is 9.59 Å². The fourth-order valence-electron chi connectivity index (χ4n) is 2.26. The van der Waals surface area contributed by atoms with Gasteiger partial charge in [-0.15, -0.1) is 0 Å². The number of anilines is 1. The smallest absolute Gasteiger partial charge is 0.256 e. The van der Waals surface area contributed by atoms with Crippen molar-refractivity contribution < 1.29 is 9.59 Å². The molecule has 1 aromatic rings. The number of carbonyl (C=O) groups is 2. The molecule has 4 nitrogen and oxygen atoms in total. The summed E-state index contributed by atoms with van der Waals surface area (Å²) in [5.74, 6) is -0.388. The molecule has 1 aliphatic heterocycles. The molecule has 2 rings (SSSR count). The average molecular weight is 276 g/mol. The number of aldehydes is 1. The number of amides is 1. The Hall–Kier alpha value is -1.75. The Morgan fingerprint density at radius 3 is 2.84 bits per heavy atom. The molecule has 19 heavy (non-hydrogen) atoms. The molecule has 0 fully saturated rings. The van der Waals surface area contributed by atoms with Gasteiger partial charge in [-0.25, -0.2) is 0 Å². The van der Waals surface area contributed by atoms with Gasteiger partial charge in [-0.1, -0.05) is 23.9 Å². The Bertz CT molecular complexity index is 554. The van der Waals surface area contributed by atoms with Crippen LogP contribution in [-0.4, -0.2) is 17.6 Å². The lowest BCUT2D eigenvalue weighted by molar-refractivity contribution is -0.114. The molecule has 1 unspecified atom stereocenters. The molecule has 1 atom stereocenters. The molecule has 1 amide bonds. The van der Waals surface area contributed by atoms with Crippen molar-refractivity contribution in [3.8, 4) is 0 Å². The summed E-state index contributed by atoms with van der Waals surface area (Å²) in [5.41, 5.74) is 8.19. The summed E-state index contributed by atoms with van der Waals surface area (Å²) in [6.07, 6.45) is 1.29. The van der Waals surface area contributed by atoms with Gasteiger partial charge in [0.05, 0.1) is 10.3 Å². The van der Waals surface area contributed by atoms with Crippen LogP contribution in [0.4, 0.5) is 5.69 Å². The number of nitrogens with zero attached hydrogens (tertiary/aromatic N) is 1. The third-order valence-corrected chi connectivity index (χ3v) is 4.36. The Kier molecular flexibility index (Phi) is 3.95. The van der Waals surface area contributed by atoms with Gasteiger partial charge < -0.3 is 15.4 Å². The zero-order chi connectivity index (χ0) is 14.0. The van der Waals surface area contributed by atoms with E-state index in [-0.39, 0.29) is 11.3 Å². The van der Waals surface area contributed by atoms with Gasteiger partial charge in [-0.3, -0.25) is 4.79 Å². The average Bonchev–Trinajstić information content (AvgIpc) is 2.66. The maximum absolute atomic E-state index is 11.4. The zero-order valence-electron chi connectivity index (χ0n) is 10.9. The van der Waals surface area contributed by atoms with Gasteiger partial charge in [-0.2, -0.15) is 0 Å². The number of carbonyl (C=O) groups excluding carboxylic acids is 2. The van der Waals surface area contributed by atoms with Crippen molar-refractivity contribution in [2.24, 2.45) is 5.73 Å². The largest absolute Gasteiger partial charge is 0.365 e. The fourth-order valence-corrected chi connectivity index (χ4v) is 3.37. The summed E-state index contributed by atoms with van der Waals surface area (Å²) >= 11 is 1.47. The molecule has 100 valence electrons. The van der Waals surface area contributed by atoms with Crippen LogP contribution in [0.1, 0.15) is 19.4 Å². The first-order valence-electron chi connectivity index (χ1n) is 6.03. The molecule has 0 spiro atoms. The van der Waals surface area contributed by atoms with Gasteiger partial charge in [0.25, 0.3) is 5.91 Å². The first-order chi connectivity index (χ1) is 9.04. The van der Waals surface area contributed by atoms with E-state index >= 15 is 0 Å². The van der Waals surface area contributed by atoms with E-state index < -0.39 is 0 Å². The summed E-state index contributed by atoms with van der Waals surface area (Å²) < 4.78 is 0. The third kappa shape index (κ3) is 2.66. The number of hydrogen-bond donors (Lipinski definition) is 1. The number of hydrogen-bond acceptors (Lipinski definition) is 4. The van der Waals surface area contributed by atoms with Crippen molar-refractivity contribution >= 4 is 29.6 Å². The summed E-state index contributed by atoms with van der Waals surface area (Å²) in [4.78, 5) is 24.6. The van der Waals surface area contributed by atoms with Crippen molar-refractivity contribution in [1.82, 2.24) is 0 Å². The highest BCUT2D eigenvalue weighted by atomic mass is 32.2. The third-order valence-electron chi connectivity index (χ3n) is 3.07. The SMILES string of the molecule is CC1=C(C(N)=O)SC(C)N1c1cccc(CC=O)c1. The summed E-state index contributed by atoms with van der Waals surface area (Å²) in [5, 5.41) is 0.119. The lowest BCUT2D eigenvalue weighted by Gasteiger charge is -2.25. The minimum atomic E-state index is -0.388. The van der Waals surface area contributed by atoms with Crippen LogP contribution in [0.25, 0.3) is 0 Å². The molecule has 0 aliphatic carbocycles. The number of nitrogens with two attached hydrogens (primary N) is 1. The van der Waals surface area contributed by atoms with Gasteiger partial charge >= 0.3 is 0 Å². The van der Waals surface area contributed by atoms with E-state index in [0.29, 0.717) is 11.3 Å². The lowest BCUT2D eigenvalue weighted by Crippen LogP contribution is -2.24. The van der Waals surface area contributed by atoms with E-state index in [1.807, 2.05) is 38.1 Å². The second-order valence-corrected chi connectivity index (χ2v) is 5.73. The van der Waals surface area contributed by atoms with Crippen LogP contribution in [-0.2, 0) is 16.0 Å². The Morgan fingerprint density at radius 1 is 1.53 bits per heavy atom. The van der Waals surface area contributed by atoms with Crippen molar-refractivity contribution in [2.75, 3.05) is 4.90 Å². The number of allylic oxidation sites excluding steroid dienone is 1. The van der Waals surface area contributed by atoms with Crippen LogP contribution in [0.2, 0.25) is 0 Å². The standard InChI is InChI=1S/C14H16N2O2S/c1-9-13(14(15)18)19-10(2)16(9)12-5-3-4-11(8-12)6-7-17/h3-5,7-8,10H,6H2,1-2H3,(H2,15,18). The van der Waals surface area contributed by atoms with Gasteiger partial charge in [0.15, 0.2) is 0 Å². The highest BCUT2D eigenvalue weighted by Crippen LogP contribution is 2.40. The maximum Gasteiger partial charge on any atom is 0.256 e. The van der Waals surface area contributed by atoms with Crippen LogP contribution >= 0.6 is 11.8 Å². The molecular weight excluding hydrogens is 260 g/mol. The summed E-state index contributed by atoms with van der Waals surface area (Å²) in [6.45, 7) is 3.92. The predicted octanol–water partition coefficient (Wildman–Crippen LogP) is 2.04. The highest BCUT2D eigenvalue weighted by molar-refractivity contribution is 8.05. The lowest BCUT2D eigenvalue weighted by atomic mass is 10.1. The minimum absolute atomic E-state index is 0.119. The Balaban J connectivity index is 2.38. The topological polar surface area (TPSA) is 63.4 Å². The van der Waals surface area contributed by atoms with E-state index in [1.54, 1.807) is 0 Å².